The van der Waals surface area contributed by atoms with Crippen molar-refractivity contribution in [3.63, 3.8) is 0 Å². The van der Waals surface area contributed by atoms with E-state index >= 15 is 0 Å². The third kappa shape index (κ3) is 5.73. The van der Waals surface area contributed by atoms with Gasteiger partial charge >= 0.3 is 0 Å². The van der Waals surface area contributed by atoms with E-state index in [1.807, 2.05) is 12.1 Å². The number of hydrogen-bond donors (Lipinski definition) is 2. The van der Waals surface area contributed by atoms with Gasteiger partial charge in [-0.2, -0.15) is 0 Å². The predicted molar refractivity (Wildman–Crippen MR) is 150 cm³/mol. The van der Waals surface area contributed by atoms with Crippen molar-refractivity contribution < 1.29 is 27.8 Å². The Bertz CT molecular complexity index is 1740. The molecule has 0 radical (unpaired) electrons. The third-order valence-corrected chi connectivity index (χ3v) is 7.49. The standard InChI is InChI=1S/C29H21ClF2N2O5S/c1-15-20(30)9-8-19-24(15)33-25(17-5-10-21(31)22(32)14-17)27(26(19)35)39-13-12-38-18-6-2-16(3-7-18)4-11-23-28(36)34-29(37)40-23/h2-3,5-11,14H,4,12-13H2,1H3,(H,33,35)(H,34,36,37). The maximum atomic E-state index is 14.1. The number of fused-ring (bicyclic) bond motifs is 1. The SMILES string of the molecule is Cc1c(Cl)ccc2c(=O)c(OCCOc3ccc(CC=C4SC(=O)NC4=O)cc3)c(-c3ccc(F)c(F)c3)[nH]c12. The van der Waals surface area contributed by atoms with E-state index in [0.29, 0.717) is 38.6 Å². The number of H-pyrrole nitrogens is 1. The molecule has 2 amide bonds. The molecule has 0 aliphatic carbocycles. The summed E-state index contributed by atoms with van der Waals surface area (Å²) in [6.07, 6.45) is 2.16. The number of hydrogen-bond acceptors (Lipinski definition) is 6. The van der Waals surface area contributed by atoms with Crippen LogP contribution in [0.25, 0.3) is 22.2 Å². The highest BCUT2D eigenvalue weighted by Crippen LogP contribution is 2.32. The average Bonchev–Trinajstić information content (AvgIpc) is 3.27. The lowest BCUT2D eigenvalue weighted by Gasteiger charge is -2.15. The number of thioether (sulfide) groups is 1. The van der Waals surface area contributed by atoms with Crippen molar-refractivity contribution in [1.82, 2.24) is 10.3 Å². The summed E-state index contributed by atoms with van der Waals surface area (Å²) in [6, 6.07) is 13.7. The second-order valence-electron chi connectivity index (χ2n) is 8.84. The second kappa shape index (κ2) is 11.5. The number of aromatic amines is 1. The molecular formula is C29H21ClF2N2O5S. The van der Waals surface area contributed by atoms with Gasteiger partial charge in [0.15, 0.2) is 17.4 Å². The normalized spacial score (nSPS) is 14.2. The first-order valence-corrected chi connectivity index (χ1v) is 13.3. The number of imide groups is 1. The molecule has 0 atom stereocenters. The topological polar surface area (TPSA) is 97.5 Å². The van der Waals surface area contributed by atoms with Gasteiger partial charge in [-0.05, 0) is 78.7 Å². The van der Waals surface area contributed by atoms with Crippen LogP contribution in [0.2, 0.25) is 5.02 Å². The fourth-order valence-electron chi connectivity index (χ4n) is 4.14. The number of rotatable bonds is 8. The molecular weight excluding hydrogens is 562 g/mol. The molecule has 1 aliphatic rings. The minimum Gasteiger partial charge on any atom is -0.490 e. The van der Waals surface area contributed by atoms with Gasteiger partial charge in [0.05, 0.1) is 16.1 Å². The maximum absolute atomic E-state index is 14.1. The number of aromatic nitrogens is 1. The van der Waals surface area contributed by atoms with Gasteiger partial charge in [0.1, 0.15) is 19.0 Å². The van der Waals surface area contributed by atoms with E-state index in [9.17, 15) is 23.2 Å². The first kappa shape index (κ1) is 27.4. The van der Waals surface area contributed by atoms with Crippen molar-refractivity contribution >= 4 is 45.4 Å². The first-order chi connectivity index (χ1) is 19.2. The van der Waals surface area contributed by atoms with Gasteiger partial charge < -0.3 is 14.5 Å². The highest BCUT2D eigenvalue weighted by Gasteiger charge is 2.24. The van der Waals surface area contributed by atoms with Crippen LogP contribution >= 0.6 is 23.4 Å². The average molecular weight is 583 g/mol. The lowest BCUT2D eigenvalue weighted by Crippen LogP contribution is -2.17. The molecule has 2 heterocycles. The molecule has 0 spiro atoms. The Kier molecular flexibility index (Phi) is 7.90. The summed E-state index contributed by atoms with van der Waals surface area (Å²) in [5.41, 5.74) is 2.01. The fraction of sp³-hybridized carbons (Fsp3) is 0.138. The van der Waals surface area contributed by atoms with Crippen LogP contribution in [-0.4, -0.2) is 29.3 Å². The van der Waals surface area contributed by atoms with E-state index in [2.05, 4.69) is 10.3 Å². The summed E-state index contributed by atoms with van der Waals surface area (Å²) in [4.78, 5) is 39.8. The van der Waals surface area contributed by atoms with Crippen LogP contribution in [0.15, 0.2) is 70.4 Å². The molecule has 40 heavy (non-hydrogen) atoms. The monoisotopic (exact) mass is 582 g/mol. The fourth-order valence-corrected chi connectivity index (χ4v) is 4.95. The summed E-state index contributed by atoms with van der Waals surface area (Å²) in [5.74, 6) is -1.97. The van der Waals surface area contributed by atoms with Crippen molar-refractivity contribution in [2.75, 3.05) is 13.2 Å². The number of nitrogens with one attached hydrogen (secondary N) is 2. The van der Waals surface area contributed by atoms with Gasteiger partial charge in [-0.3, -0.25) is 19.7 Å². The summed E-state index contributed by atoms with van der Waals surface area (Å²) in [7, 11) is 0. The van der Waals surface area contributed by atoms with Crippen molar-refractivity contribution in [1.29, 1.82) is 0 Å². The number of pyridine rings is 1. The van der Waals surface area contributed by atoms with E-state index in [1.165, 1.54) is 6.07 Å². The van der Waals surface area contributed by atoms with Gasteiger partial charge in [-0.15, -0.1) is 0 Å². The number of aryl methyl sites for hydroxylation is 1. The number of carbonyl (C=O) groups excluding carboxylic acids is 2. The molecule has 204 valence electrons. The molecule has 0 bridgehead atoms. The molecule has 0 unspecified atom stereocenters. The number of allylic oxidation sites excluding steroid dienone is 1. The smallest absolute Gasteiger partial charge is 0.290 e. The summed E-state index contributed by atoms with van der Waals surface area (Å²) in [5, 5.41) is 2.62. The number of amides is 2. The molecule has 5 rings (SSSR count). The minimum atomic E-state index is -1.06. The summed E-state index contributed by atoms with van der Waals surface area (Å²) < 4.78 is 39.2. The zero-order valence-electron chi connectivity index (χ0n) is 21.0. The van der Waals surface area contributed by atoms with Crippen LogP contribution in [0.4, 0.5) is 13.6 Å². The molecule has 2 N–H and O–H groups in total. The predicted octanol–water partition coefficient (Wildman–Crippen LogP) is 6.30. The highest BCUT2D eigenvalue weighted by molar-refractivity contribution is 8.18. The Labute approximate surface area is 236 Å². The Morgan fingerprint density at radius 3 is 2.40 bits per heavy atom. The zero-order valence-corrected chi connectivity index (χ0v) is 22.6. The Hall–Kier alpha value is -4.15. The molecule has 7 nitrogen and oxygen atoms in total. The van der Waals surface area contributed by atoms with Crippen molar-refractivity contribution in [3.05, 3.63) is 104 Å². The molecule has 1 fully saturated rings. The van der Waals surface area contributed by atoms with Gasteiger partial charge in [0.25, 0.3) is 11.1 Å². The van der Waals surface area contributed by atoms with E-state index in [1.54, 1.807) is 37.3 Å². The maximum Gasteiger partial charge on any atom is 0.290 e. The van der Waals surface area contributed by atoms with E-state index in [4.69, 9.17) is 21.1 Å². The lowest BCUT2D eigenvalue weighted by atomic mass is 10.1. The Balaban J connectivity index is 1.30. The van der Waals surface area contributed by atoms with E-state index in [0.717, 1.165) is 29.5 Å². The van der Waals surface area contributed by atoms with Gasteiger partial charge in [-0.1, -0.05) is 29.8 Å². The van der Waals surface area contributed by atoms with Crippen molar-refractivity contribution in [2.45, 2.75) is 13.3 Å². The van der Waals surface area contributed by atoms with Crippen LogP contribution in [0.1, 0.15) is 11.1 Å². The minimum absolute atomic E-state index is 0.00789. The van der Waals surface area contributed by atoms with Crippen LogP contribution < -0.4 is 20.2 Å². The van der Waals surface area contributed by atoms with E-state index in [-0.39, 0.29) is 35.5 Å². The molecule has 1 aliphatic heterocycles. The van der Waals surface area contributed by atoms with Gasteiger partial charge in [-0.25, -0.2) is 8.78 Å². The molecule has 11 heteroatoms. The second-order valence-corrected chi connectivity index (χ2v) is 10.3. The quantitative estimate of drug-likeness (QED) is 0.187. The zero-order chi connectivity index (χ0) is 28.4. The lowest BCUT2D eigenvalue weighted by molar-refractivity contribution is -0.115. The van der Waals surface area contributed by atoms with Crippen molar-refractivity contribution in [3.8, 4) is 22.8 Å². The van der Waals surface area contributed by atoms with E-state index < -0.39 is 23.0 Å². The van der Waals surface area contributed by atoms with Crippen molar-refractivity contribution in [2.24, 2.45) is 0 Å². The number of ether oxygens (including phenoxy) is 2. The largest absolute Gasteiger partial charge is 0.490 e. The molecule has 0 saturated carbocycles. The number of halogens is 3. The number of carbonyl (C=O) groups is 2. The van der Waals surface area contributed by atoms with Gasteiger partial charge in [0.2, 0.25) is 5.43 Å². The summed E-state index contributed by atoms with van der Waals surface area (Å²) in [6.45, 7) is 1.83. The first-order valence-electron chi connectivity index (χ1n) is 12.1. The molecule has 4 aromatic rings. The third-order valence-electron chi connectivity index (χ3n) is 6.22. The summed E-state index contributed by atoms with van der Waals surface area (Å²) >= 11 is 7.11. The van der Waals surface area contributed by atoms with Crippen LogP contribution in [0.3, 0.4) is 0 Å². The Morgan fingerprint density at radius 2 is 1.70 bits per heavy atom. The molecule has 1 aromatic heterocycles. The van der Waals surface area contributed by atoms with Crippen LogP contribution in [0.5, 0.6) is 11.5 Å². The van der Waals surface area contributed by atoms with Crippen LogP contribution in [0, 0.1) is 18.6 Å². The molecule has 3 aromatic carbocycles. The highest BCUT2D eigenvalue weighted by atomic mass is 35.5. The van der Waals surface area contributed by atoms with Gasteiger partial charge in [0, 0.05) is 16.0 Å². The molecule has 1 saturated heterocycles. The van der Waals surface area contributed by atoms with Crippen LogP contribution in [-0.2, 0) is 11.2 Å². The Morgan fingerprint density at radius 1 is 0.950 bits per heavy atom. The number of benzene rings is 3.